The van der Waals surface area contributed by atoms with E-state index < -0.39 is 0 Å². The number of halogens is 12. The molecule has 0 amide bonds. The zero-order valence-electron chi connectivity index (χ0n) is 11.7. The van der Waals surface area contributed by atoms with Gasteiger partial charge in [0.25, 0.3) is 4.25 Å². The first-order chi connectivity index (χ1) is 11.0. The Morgan fingerprint density at radius 3 is 1.00 bits per heavy atom. The lowest BCUT2D eigenvalue weighted by Gasteiger charge is -2.24. The summed E-state index contributed by atoms with van der Waals surface area (Å²) in [6, 6.07) is 0. The van der Waals surface area contributed by atoms with Gasteiger partial charge in [-0.05, 0) is 0 Å². The number of rotatable bonds is 11. The maximum absolute atomic E-state index is 3.86. The van der Waals surface area contributed by atoms with E-state index >= 15 is 0 Å². The molecular formula is H2B12Br12. The highest BCUT2D eigenvalue weighted by molar-refractivity contribution is 9.56. The first-order valence-corrected chi connectivity index (χ1v) is 17.8. The summed E-state index contributed by atoms with van der Waals surface area (Å²) in [6.07, 6.45) is 0. The zero-order chi connectivity index (χ0) is 19.2. The first-order valence-electron chi connectivity index (χ1n) is 6.58. The van der Waals surface area contributed by atoms with Gasteiger partial charge >= 0.3 is 0 Å². The molecule has 0 aliphatic carbocycles. The molecule has 0 aromatic rings. The second-order valence-corrected chi connectivity index (χ2v) is 18.5. The summed E-state index contributed by atoms with van der Waals surface area (Å²) in [5, 5.41) is 2.21. The molecule has 122 valence electrons. The monoisotopic (exact) mass is 1080 g/mol. The van der Waals surface area contributed by atoms with Crippen LogP contribution in [0, 0.1) is 0 Å². The highest BCUT2D eigenvalue weighted by Gasteiger charge is 2.51. The molecule has 0 rings (SSSR count). The van der Waals surface area contributed by atoms with Crippen molar-refractivity contribution in [1.29, 1.82) is 0 Å². The molecule has 0 spiro atoms. The van der Waals surface area contributed by atoms with E-state index in [-0.39, 0.29) is 41.5 Å². The molecule has 0 unspecified atom stereocenters. The molecule has 0 atom stereocenters. The van der Waals surface area contributed by atoms with Crippen LogP contribution in [0.25, 0.3) is 0 Å². The third-order valence-corrected chi connectivity index (χ3v) is 22.0. The molecule has 0 N–H and O–H groups in total. The van der Waals surface area contributed by atoms with Gasteiger partial charge < -0.3 is 0 Å². The van der Waals surface area contributed by atoms with Crippen LogP contribution in [0.3, 0.4) is 0 Å². The van der Waals surface area contributed by atoms with Gasteiger partial charge in [0.1, 0.15) is 0 Å². The Labute approximate surface area is 249 Å². The molecule has 0 saturated carbocycles. The Bertz CT molecular complexity index is 342. The average molecular weight is 1090 g/mol. The van der Waals surface area contributed by atoms with E-state index in [4.69, 9.17) is 0 Å². The van der Waals surface area contributed by atoms with Crippen molar-refractivity contribution in [3.8, 4) is 0 Å². The van der Waals surface area contributed by atoms with Gasteiger partial charge in [0.15, 0.2) is 53.9 Å². The Hall–Kier alpha value is 6.54. The van der Waals surface area contributed by atoms with Crippen LogP contribution >= 0.6 is 189 Å². The third kappa shape index (κ3) is 10.4. The molecule has 24 heteroatoms. The van der Waals surface area contributed by atoms with Crippen LogP contribution in [-0.4, -0.2) is 65.2 Å². The summed E-state index contributed by atoms with van der Waals surface area (Å²) in [6.45, 7) is 0. The zero-order valence-corrected chi connectivity index (χ0v) is 30.8. The number of hydrogen-bond donors (Lipinski definition) is 0. The van der Waals surface area contributed by atoms with Gasteiger partial charge in [0, 0.05) is 0 Å². The van der Waals surface area contributed by atoms with Gasteiger partial charge in [0.05, 0.1) is 7.06 Å². The molecule has 0 aliphatic rings. The van der Waals surface area contributed by atoms with Crippen molar-refractivity contribution in [2.45, 2.75) is 0 Å². The van der Waals surface area contributed by atoms with E-state index in [1.54, 1.807) is 0 Å². The fourth-order valence-corrected chi connectivity index (χ4v) is 12.5. The minimum Gasteiger partial charge on any atom is -0.177 e. The fraction of sp³-hybridized carbons (Fsp3) is 0. The highest BCUT2D eigenvalue weighted by Crippen LogP contribution is 2.29. The summed E-state index contributed by atoms with van der Waals surface area (Å²) >= 11 is 44.9. The molecule has 0 fully saturated rings. The first kappa shape index (κ1) is 30.5. The third-order valence-electron chi connectivity index (χ3n) is 3.10. The summed E-state index contributed by atoms with van der Waals surface area (Å²) in [7, 11) is 1.05. The van der Waals surface area contributed by atoms with Crippen LogP contribution < -0.4 is 0 Å². The van der Waals surface area contributed by atoms with E-state index in [1.165, 1.54) is 0 Å². The molecule has 0 aromatic carbocycles. The quantitative estimate of drug-likeness (QED) is 0.255. The molecule has 0 aromatic heterocycles. The second-order valence-electron chi connectivity index (χ2n) is 4.88. The lowest BCUT2D eigenvalue weighted by Crippen LogP contribution is -2.61. The molecule has 0 radical (unpaired) electrons. The van der Waals surface area contributed by atoms with E-state index in [2.05, 4.69) is 189 Å². The van der Waals surface area contributed by atoms with Crippen LogP contribution in [0.15, 0.2) is 0 Å². The van der Waals surface area contributed by atoms with Gasteiger partial charge in [-0.25, -0.2) is 0 Å². The lowest BCUT2D eigenvalue weighted by molar-refractivity contribution is 3.63. The lowest BCUT2D eigenvalue weighted by atomic mass is 8.86. The van der Waals surface area contributed by atoms with Gasteiger partial charge in [-0.1, -0.05) is 0 Å². The summed E-state index contributed by atoms with van der Waals surface area (Å²) in [4.78, 5) is 0. The summed E-state index contributed by atoms with van der Waals surface area (Å²) in [5.74, 6) is 0.970. The fourth-order valence-electron chi connectivity index (χ4n) is 1.66. The van der Waals surface area contributed by atoms with E-state index in [1.807, 2.05) is 0 Å². The van der Waals surface area contributed by atoms with Crippen LogP contribution in [0.4, 0.5) is 0 Å². The predicted octanol–water partition coefficient (Wildman–Crippen LogP) is 5.04. The largest absolute Gasteiger partial charge is 0.272 e. The minimum absolute atomic E-state index is 0.178. The van der Waals surface area contributed by atoms with E-state index in [0.717, 1.165) is 13.1 Å². The second kappa shape index (κ2) is 16.2. The standard InChI is InChI=1S/B12Br12H2/c13-2-1-3(14)4(15)5(16)6(17)7(18)8(19)9(20)10(21)11(22)12(23)24/h1-2H. The maximum Gasteiger partial charge on any atom is 0.272 e. The van der Waals surface area contributed by atoms with Crippen LogP contribution in [0.1, 0.15) is 0 Å². The summed E-state index contributed by atoms with van der Waals surface area (Å²) < 4.78 is 0.178. The van der Waals surface area contributed by atoms with Gasteiger partial charge in [-0.2, -0.15) is 158 Å². The Morgan fingerprint density at radius 2 is 0.708 bits per heavy atom. The molecule has 0 heterocycles. The van der Waals surface area contributed by atoms with E-state index in [0.29, 0.717) is 10.6 Å². The van der Waals surface area contributed by atoms with Gasteiger partial charge in [-0.15, -0.1) is 31.5 Å². The van der Waals surface area contributed by atoms with Crippen molar-refractivity contribution in [3.63, 3.8) is 0 Å². The van der Waals surface area contributed by atoms with Gasteiger partial charge in [-0.3, -0.25) is 0 Å². The normalized spacial score (nSPS) is 9.67. The maximum atomic E-state index is 3.86. The van der Waals surface area contributed by atoms with Crippen LogP contribution in [-0.2, 0) is 0 Å². The van der Waals surface area contributed by atoms with Crippen molar-refractivity contribution in [2.75, 3.05) is 0 Å². The topological polar surface area (TPSA) is 0 Å². The molecular weight excluding hydrogens is 1090 g/mol. The van der Waals surface area contributed by atoms with Crippen LogP contribution in [0.2, 0.25) is 0 Å². The SMILES string of the molecule is BrBBB(Br)B(Br)B(Br)B(Br)B(Br)B(Br)B(Br)B(Br)B(Br)B(Br)Br. The van der Waals surface area contributed by atoms with Gasteiger partial charge in [0.2, 0.25) is 0 Å². The van der Waals surface area contributed by atoms with E-state index in [9.17, 15) is 0 Å². The molecule has 0 aliphatic heterocycles. The smallest absolute Gasteiger partial charge is 0.177 e. The van der Waals surface area contributed by atoms with Crippen molar-refractivity contribution in [1.82, 2.24) is 0 Å². The minimum atomic E-state index is 0.178. The molecule has 24 heavy (non-hydrogen) atoms. The van der Waals surface area contributed by atoms with Crippen molar-refractivity contribution in [3.05, 3.63) is 0 Å². The van der Waals surface area contributed by atoms with Crippen molar-refractivity contribution in [2.24, 2.45) is 0 Å². The predicted molar refractivity (Wildman–Crippen MR) is 179 cm³/mol. The molecule has 0 bridgehead atoms. The Morgan fingerprint density at radius 1 is 0.417 bits per heavy atom. The number of hydrogen-bond acceptors (Lipinski definition) is 0. The Balaban J connectivity index is 4.89. The van der Waals surface area contributed by atoms with Crippen molar-refractivity contribution < 1.29 is 0 Å². The highest BCUT2D eigenvalue weighted by atomic mass is 79.9. The molecule has 0 saturated heterocycles. The summed E-state index contributed by atoms with van der Waals surface area (Å²) in [5.41, 5.74) is 0. The van der Waals surface area contributed by atoms with Crippen molar-refractivity contribution >= 4 is 254 Å². The average Bonchev–Trinajstić information content (AvgIpc) is 2.56. The Kier molecular flexibility index (Phi) is 20.6. The molecule has 0 nitrogen and oxygen atoms in total. The van der Waals surface area contributed by atoms with Crippen LogP contribution in [0.5, 0.6) is 0 Å².